The summed E-state index contributed by atoms with van der Waals surface area (Å²) in [5, 5.41) is 2.63. The SMILES string of the molecule is Cc1cc2c3c(c1)N(c1ccc(C(C)(C)C)cc1)c1c(ccc4c1OCO4)B3c1cc(-c3ccc4c(c3)sc3ccccc34)ccc1N2C1=CC(c2ccc(C(C)(C)C)cc2)=CC(c2ccc(C(C)(C)C)cc2)C1. The molecule has 74 heavy (non-hydrogen) atoms. The highest BCUT2D eigenvalue weighted by Crippen LogP contribution is 2.52. The summed E-state index contributed by atoms with van der Waals surface area (Å²) in [5.74, 6) is 1.73. The van der Waals surface area contributed by atoms with E-state index >= 15 is 0 Å². The van der Waals surface area contributed by atoms with E-state index in [2.05, 4.69) is 249 Å². The van der Waals surface area contributed by atoms with Crippen molar-refractivity contribution >= 4 is 88.6 Å². The number of allylic oxidation sites excluding steroid dienone is 4. The lowest BCUT2D eigenvalue weighted by Gasteiger charge is -2.45. The summed E-state index contributed by atoms with van der Waals surface area (Å²) in [6, 6.07) is 60.4. The molecule has 4 aliphatic rings. The van der Waals surface area contributed by atoms with Crippen molar-refractivity contribution in [2.24, 2.45) is 0 Å². The van der Waals surface area contributed by atoms with Crippen LogP contribution in [0.1, 0.15) is 108 Å². The van der Waals surface area contributed by atoms with Crippen LogP contribution in [-0.2, 0) is 16.2 Å². The zero-order valence-corrected chi connectivity index (χ0v) is 45.2. The van der Waals surface area contributed by atoms with Gasteiger partial charge in [-0.1, -0.05) is 178 Å². The standard InChI is InChI=1S/C68H63BN2O2S/c1-41-33-58-63-59(34-41)71(51-27-25-50(26-28-51)68(8,9)10)64-55(30-32-60-65(64)73-40-72-60)69(63)56-38-44(45-19-29-54-53-13-11-12-14-61(53)74-62(54)39-45)20-31-57(56)70(58)52-36-46(42-15-21-48(22-16-42)66(2,3)4)35-47(37-52)43-17-23-49(24-18-43)67(5,6)7/h11-36,38-39,47H,37,40H2,1-10H3. The van der Waals surface area contributed by atoms with Gasteiger partial charge in [0.2, 0.25) is 6.79 Å². The molecule has 0 bridgehead atoms. The number of nitrogens with zero attached hydrogens (tertiary/aromatic N) is 2. The maximum Gasteiger partial charge on any atom is 0.252 e. The highest BCUT2D eigenvalue weighted by molar-refractivity contribution is 7.25. The van der Waals surface area contributed by atoms with Gasteiger partial charge in [0.05, 0.1) is 5.69 Å². The van der Waals surface area contributed by atoms with Crippen molar-refractivity contribution in [1.29, 1.82) is 0 Å². The zero-order chi connectivity index (χ0) is 51.0. The lowest BCUT2D eigenvalue weighted by atomic mass is 9.33. The van der Waals surface area contributed by atoms with E-state index in [4.69, 9.17) is 9.47 Å². The van der Waals surface area contributed by atoms with Crippen molar-refractivity contribution < 1.29 is 9.47 Å². The molecule has 4 heterocycles. The summed E-state index contributed by atoms with van der Waals surface area (Å²) >= 11 is 1.88. The summed E-state index contributed by atoms with van der Waals surface area (Å²) in [7, 11) is 0. The Labute approximate surface area is 441 Å². The summed E-state index contributed by atoms with van der Waals surface area (Å²) in [6.45, 7) is 23.0. The van der Waals surface area contributed by atoms with Crippen LogP contribution in [0.4, 0.5) is 28.4 Å². The number of fused-ring (bicyclic) bond motifs is 9. The molecule has 8 aromatic carbocycles. The van der Waals surface area contributed by atoms with E-state index < -0.39 is 0 Å². The third-order valence-electron chi connectivity index (χ3n) is 16.1. The molecule has 366 valence electrons. The molecule has 1 aromatic heterocycles. The first kappa shape index (κ1) is 46.5. The van der Waals surface area contributed by atoms with Gasteiger partial charge in [-0.3, -0.25) is 0 Å². The summed E-state index contributed by atoms with van der Waals surface area (Å²) in [6.07, 6.45) is 5.85. The second kappa shape index (κ2) is 16.9. The minimum absolute atomic E-state index is 0.00961. The third kappa shape index (κ3) is 7.70. The van der Waals surface area contributed by atoms with E-state index in [0.29, 0.717) is 0 Å². The van der Waals surface area contributed by atoms with Crippen molar-refractivity contribution in [2.45, 2.75) is 97.8 Å². The Balaban J connectivity index is 1.05. The Morgan fingerprint density at radius 2 is 1.15 bits per heavy atom. The van der Waals surface area contributed by atoms with Crippen LogP contribution in [0.3, 0.4) is 0 Å². The van der Waals surface area contributed by atoms with Gasteiger partial charge in [-0.25, -0.2) is 0 Å². The molecular formula is C68H63BN2O2S. The van der Waals surface area contributed by atoms with E-state index in [1.54, 1.807) is 0 Å². The minimum Gasteiger partial charge on any atom is -0.454 e. The van der Waals surface area contributed by atoms with Crippen LogP contribution in [0.5, 0.6) is 11.5 Å². The average Bonchev–Trinajstić information content (AvgIpc) is 4.04. The molecule has 0 N–H and O–H groups in total. The summed E-state index contributed by atoms with van der Waals surface area (Å²) in [5.41, 5.74) is 22.3. The van der Waals surface area contributed by atoms with E-state index in [1.165, 1.54) is 104 Å². The number of aryl methyl sites for hydroxylation is 1. The molecule has 0 radical (unpaired) electrons. The fourth-order valence-corrected chi connectivity index (χ4v) is 13.2. The number of benzene rings is 8. The highest BCUT2D eigenvalue weighted by atomic mass is 32.1. The Kier molecular flexibility index (Phi) is 10.6. The minimum atomic E-state index is -0.0978. The Morgan fingerprint density at radius 1 is 0.541 bits per heavy atom. The molecule has 1 atom stereocenters. The number of ether oxygens (including phenoxy) is 2. The van der Waals surface area contributed by atoms with Crippen molar-refractivity contribution in [2.75, 3.05) is 16.6 Å². The molecule has 1 unspecified atom stereocenters. The van der Waals surface area contributed by atoms with Gasteiger partial charge in [-0.15, -0.1) is 11.3 Å². The van der Waals surface area contributed by atoms with Crippen molar-refractivity contribution in [3.05, 3.63) is 209 Å². The lowest BCUT2D eigenvalue weighted by molar-refractivity contribution is 0.174. The van der Waals surface area contributed by atoms with E-state index in [0.717, 1.165) is 35.0 Å². The van der Waals surface area contributed by atoms with Crippen molar-refractivity contribution in [3.8, 4) is 22.6 Å². The second-order valence-corrected chi connectivity index (χ2v) is 25.3. The van der Waals surface area contributed by atoms with Gasteiger partial charge in [0.25, 0.3) is 6.71 Å². The normalized spacial score (nSPS) is 16.0. The predicted molar refractivity (Wildman–Crippen MR) is 316 cm³/mol. The maximum atomic E-state index is 6.55. The predicted octanol–water partition coefficient (Wildman–Crippen LogP) is 16.6. The Hall–Kier alpha value is -7.28. The molecule has 0 spiro atoms. The lowest BCUT2D eigenvalue weighted by Crippen LogP contribution is -2.61. The van der Waals surface area contributed by atoms with Crippen LogP contribution in [0.15, 0.2) is 176 Å². The first-order chi connectivity index (χ1) is 35.5. The number of thiophene rings is 1. The third-order valence-corrected chi connectivity index (χ3v) is 17.3. The first-order valence-corrected chi connectivity index (χ1v) is 27.3. The van der Waals surface area contributed by atoms with Gasteiger partial charge < -0.3 is 19.3 Å². The fourth-order valence-electron chi connectivity index (χ4n) is 12.1. The van der Waals surface area contributed by atoms with Gasteiger partial charge >= 0.3 is 0 Å². The van der Waals surface area contributed by atoms with Gasteiger partial charge in [0, 0.05) is 54.5 Å². The van der Waals surface area contributed by atoms with Gasteiger partial charge in [0.15, 0.2) is 11.5 Å². The average molecular weight is 983 g/mol. The number of rotatable bonds is 5. The Bertz CT molecular complexity index is 3800. The molecule has 0 amide bonds. The molecule has 9 aromatic rings. The number of hydrogen-bond acceptors (Lipinski definition) is 5. The molecule has 6 heteroatoms. The molecule has 0 saturated heterocycles. The van der Waals surface area contributed by atoms with Gasteiger partial charge in [-0.2, -0.15) is 0 Å². The summed E-state index contributed by atoms with van der Waals surface area (Å²) < 4.78 is 15.4. The van der Waals surface area contributed by atoms with E-state index in [9.17, 15) is 0 Å². The van der Waals surface area contributed by atoms with Crippen molar-refractivity contribution in [1.82, 2.24) is 0 Å². The Morgan fingerprint density at radius 3 is 1.85 bits per heavy atom. The smallest absolute Gasteiger partial charge is 0.252 e. The maximum absolute atomic E-state index is 6.55. The van der Waals surface area contributed by atoms with Crippen LogP contribution >= 0.6 is 11.3 Å². The van der Waals surface area contributed by atoms with E-state index in [1.807, 2.05) is 11.3 Å². The topological polar surface area (TPSA) is 24.9 Å². The molecular weight excluding hydrogens is 920 g/mol. The van der Waals surface area contributed by atoms with Crippen molar-refractivity contribution in [3.63, 3.8) is 0 Å². The summed E-state index contributed by atoms with van der Waals surface area (Å²) in [4.78, 5) is 5.11. The monoisotopic (exact) mass is 982 g/mol. The molecule has 13 rings (SSSR count). The van der Waals surface area contributed by atoms with Crippen LogP contribution in [0.2, 0.25) is 0 Å². The zero-order valence-electron chi connectivity index (χ0n) is 44.4. The molecule has 1 aliphatic carbocycles. The second-order valence-electron chi connectivity index (χ2n) is 24.2. The number of hydrogen-bond donors (Lipinski definition) is 0. The van der Waals surface area contributed by atoms with Crippen LogP contribution in [0, 0.1) is 6.92 Å². The highest BCUT2D eigenvalue weighted by Gasteiger charge is 2.46. The van der Waals surface area contributed by atoms with Crippen LogP contribution in [-0.4, -0.2) is 13.5 Å². The number of anilines is 5. The molecule has 0 saturated carbocycles. The molecule has 0 fully saturated rings. The van der Waals surface area contributed by atoms with Crippen LogP contribution < -0.4 is 35.7 Å². The largest absolute Gasteiger partial charge is 0.454 e. The molecule has 4 nitrogen and oxygen atoms in total. The fraction of sp³-hybridized carbons (Fsp3) is 0.235. The quantitative estimate of drug-likeness (QED) is 0.160. The van der Waals surface area contributed by atoms with Gasteiger partial charge in [0.1, 0.15) is 0 Å². The van der Waals surface area contributed by atoms with E-state index in [-0.39, 0.29) is 35.7 Å². The van der Waals surface area contributed by atoms with Gasteiger partial charge in [-0.05, 0) is 151 Å². The first-order valence-electron chi connectivity index (χ1n) is 26.4. The van der Waals surface area contributed by atoms with Crippen LogP contribution in [0.25, 0.3) is 36.9 Å². The molecule has 3 aliphatic heterocycles.